The van der Waals surface area contributed by atoms with Crippen molar-refractivity contribution in [3.63, 3.8) is 0 Å². The highest BCUT2D eigenvalue weighted by Crippen LogP contribution is 2.28. The van der Waals surface area contributed by atoms with Crippen molar-refractivity contribution < 1.29 is 29.4 Å². The molecule has 344 valence electrons. The fourth-order valence-corrected chi connectivity index (χ4v) is 8.73. The number of thiazole rings is 1. The maximum Gasteiger partial charge on any atom is 0.405 e. The standard InChI is InChI=1S/C49H61N9O6S/c1-7-32(3)42(58-25-24-56(48(58)64)29-38-31-65-46(52-38)36-21-23-50-37(8-2)27-36)44(60)53-40(26-33-14-10-9-11-15-33)41(59)30-57(55-45(61)43(49(4,5)6)54-47(62)63)28-34-17-19-35(20-18-34)39-16-12-13-22-51-39/h9-23,27,31-32,40-43,54,59H,7-8,24-26,28-30H2,1-6H3,(H,53,60)(H,55,61)(H,62,63)/t32-,40-,41-,42-,43+/m0/s1. The molecule has 4 heterocycles. The number of aliphatic hydroxyl groups is 1. The van der Waals surface area contributed by atoms with E-state index in [1.165, 1.54) is 11.3 Å². The van der Waals surface area contributed by atoms with E-state index in [4.69, 9.17) is 4.98 Å². The lowest BCUT2D eigenvalue weighted by Crippen LogP contribution is -2.60. The number of urea groups is 1. The highest BCUT2D eigenvalue weighted by atomic mass is 32.1. The fraction of sp³-hybridized carbons (Fsp3) is 0.408. The summed E-state index contributed by atoms with van der Waals surface area (Å²) in [6.07, 6.45) is 2.59. The average Bonchev–Trinajstić information content (AvgIpc) is 3.91. The molecule has 15 nitrogen and oxygen atoms in total. The summed E-state index contributed by atoms with van der Waals surface area (Å²) in [6.45, 7) is 12.3. The summed E-state index contributed by atoms with van der Waals surface area (Å²) in [6, 6.07) is 23.7. The molecule has 0 unspecified atom stereocenters. The minimum Gasteiger partial charge on any atom is -0.465 e. The number of carbonyl (C=O) groups excluding carboxylic acids is 3. The summed E-state index contributed by atoms with van der Waals surface area (Å²) < 4.78 is 0. The van der Waals surface area contributed by atoms with Gasteiger partial charge in [0.1, 0.15) is 17.1 Å². The lowest BCUT2D eigenvalue weighted by molar-refractivity contribution is -0.132. The summed E-state index contributed by atoms with van der Waals surface area (Å²) >= 11 is 1.51. The number of nitrogens with zero attached hydrogens (tertiary/aromatic N) is 6. The van der Waals surface area contributed by atoms with Gasteiger partial charge >= 0.3 is 12.1 Å². The van der Waals surface area contributed by atoms with Crippen LogP contribution in [0.5, 0.6) is 0 Å². The summed E-state index contributed by atoms with van der Waals surface area (Å²) in [5.41, 5.74) is 8.16. The predicted molar refractivity (Wildman–Crippen MR) is 251 cm³/mol. The van der Waals surface area contributed by atoms with Crippen molar-refractivity contribution >= 4 is 35.3 Å². The van der Waals surface area contributed by atoms with Crippen LogP contribution in [0.15, 0.2) is 103 Å². The van der Waals surface area contributed by atoms with Crippen molar-refractivity contribution in [1.82, 2.24) is 45.8 Å². The van der Waals surface area contributed by atoms with E-state index in [1.54, 1.807) is 48.0 Å². The molecule has 5 amide bonds. The molecular weight excluding hydrogens is 843 g/mol. The SMILES string of the molecule is CCc1cc(-c2nc(CN3CCN([C@H](C(=O)N[C@@H](Cc4ccccc4)[C@@H](O)CN(Cc4ccc(-c5ccccn5)cc4)NC(=O)[C@@H](NC(=O)O)C(C)(C)C)[C@@H](C)CC)C3=O)cs2)ccn1. The van der Waals surface area contributed by atoms with Gasteiger partial charge in [-0.05, 0) is 59.6 Å². The Morgan fingerprint density at radius 2 is 1.60 bits per heavy atom. The van der Waals surface area contributed by atoms with Crippen LogP contribution < -0.4 is 16.1 Å². The molecule has 0 aliphatic carbocycles. The third-order valence-corrected chi connectivity index (χ3v) is 12.6. The molecule has 3 aromatic heterocycles. The lowest BCUT2D eigenvalue weighted by atomic mass is 9.86. The van der Waals surface area contributed by atoms with Gasteiger partial charge in [0.2, 0.25) is 5.91 Å². The Morgan fingerprint density at radius 1 is 0.862 bits per heavy atom. The smallest absolute Gasteiger partial charge is 0.405 e. The van der Waals surface area contributed by atoms with Crippen LogP contribution in [0.4, 0.5) is 9.59 Å². The van der Waals surface area contributed by atoms with Crippen molar-refractivity contribution in [2.24, 2.45) is 11.3 Å². The van der Waals surface area contributed by atoms with Gasteiger partial charge < -0.3 is 30.6 Å². The minimum absolute atomic E-state index is 0.137. The normalized spacial score (nSPS) is 15.3. The summed E-state index contributed by atoms with van der Waals surface area (Å²) in [5.74, 6) is -1.22. The first kappa shape index (κ1) is 48.2. The minimum atomic E-state index is -1.35. The van der Waals surface area contributed by atoms with Gasteiger partial charge in [-0.2, -0.15) is 0 Å². The quantitative estimate of drug-likeness (QED) is 0.0520. The van der Waals surface area contributed by atoms with E-state index in [1.807, 2.05) is 104 Å². The number of hydrogen-bond donors (Lipinski definition) is 5. The monoisotopic (exact) mass is 903 g/mol. The lowest BCUT2D eigenvalue weighted by Gasteiger charge is -2.36. The molecule has 5 atom stereocenters. The van der Waals surface area contributed by atoms with E-state index in [0.29, 0.717) is 26.1 Å². The molecule has 5 aromatic rings. The van der Waals surface area contributed by atoms with E-state index in [0.717, 1.165) is 50.8 Å². The number of hydrazine groups is 1. The van der Waals surface area contributed by atoms with Crippen LogP contribution in [0.2, 0.25) is 0 Å². The molecule has 0 radical (unpaired) electrons. The molecule has 0 spiro atoms. The number of carboxylic acid groups (broad SMARTS) is 1. The van der Waals surface area contributed by atoms with Gasteiger partial charge in [0.15, 0.2) is 0 Å². The van der Waals surface area contributed by atoms with Crippen molar-refractivity contribution in [2.45, 2.75) is 98.1 Å². The number of amides is 5. The first-order chi connectivity index (χ1) is 31.1. The zero-order chi connectivity index (χ0) is 46.7. The Kier molecular flexibility index (Phi) is 16.4. The van der Waals surface area contributed by atoms with E-state index >= 15 is 0 Å². The number of hydrogen-bond acceptors (Lipinski definition) is 10. The van der Waals surface area contributed by atoms with Crippen LogP contribution in [0.1, 0.15) is 70.5 Å². The van der Waals surface area contributed by atoms with Gasteiger partial charge in [0, 0.05) is 60.8 Å². The number of carbonyl (C=O) groups is 4. The Hall–Kier alpha value is -6.23. The van der Waals surface area contributed by atoms with E-state index in [9.17, 15) is 29.4 Å². The van der Waals surface area contributed by atoms with E-state index < -0.39 is 47.6 Å². The van der Waals surface area contributed by atoms with Gasteiger partial charge in [-0.1, -0.05) is 109 Å². The molecule has 0 saturated carbocycles. The molecule has 2 aromatic carbocycles. The summed E-state index contributed by atoms with van der Waals surface area (Å²) in [7, 11) is 0. The Balaban J connectivity index is 1.22. The van der Waals surface area contributed by atoms with Crippen LogP contribution >= 0.6 is 11.3 Å². The average molecular weight is 904 g/mol. The Morgan fingerprint density at radius 3 is 2.26 bits per heavy atom. The van der Waals surface area contributed by atoms with E-state index in [2.05, 4.69) is 33.0 Å². The molecule has 65 heavy (non-hydrogen) atoms. The zero-order valence-electron chi connectivity index (χ0n) is 38.0. The van der Waals surface area contributed by atoms with Gasteiger partial charge in [-0.3, -0.25) is 25.0 Å². The van der Waals surface area contributed by atoms with E-state index in [-0.39, 0.29) is 31.5 Å². The van der Waals surface area contributed by atoms with Crippen LogP contribution in [0.25, 0.3) is 21.8 Å². The topological polar surface area (TPSA) is 193 Å². The van der Waals surface area contributed by atoms with Crippen molar-refractivity contribution in [2.75, 3.05) is 19.6 Å². The second-order valence-electron chi connectivity index (χ2n) is 17.7. The maximum atomic E-state index is 14.7. The number of aryl methyl sites for hydroxylation is 1. The largest absolute Gasteiger partial charge is 0.465 e. The molecule has 1 saturated heterocycles. The van der Waals surface area contributed by atoms with Crippen LogP contribution in [-0.2, 0) is 35.5 Å². The number of pyridine rings is 2. The van der Waals surface area contributed by atoms with Crippen molar-refractivity contribution in [1.29, 1.82) is 0 Å². The molecule has 5 N–H and O–H groups in total. The van der Waals surface area contributed by atoms with Crippen molar-refractivity contribution in [3.8, 4) is 21.8 Å². The van der Waals surface area contributed by atoms with Crippen LogP contribution in [-0.4, -0.2) is 108 Å². The number of aliphatic hydroxyl groups excluding tert-OH is 1. The molecule has 1 fully saturated rings. The van der Waals surface area contributed by atoms with Gasteiger partial charge in [-0.15, -0.1) is 11.3 Å². The van der Waals surface area contributed by atoms with Crippen LogP contribution in [0, 0.1) is 11.3 Å². The van der Waals surface area contributed by atoms with Gasteiger partial charge in [-0.25, -0.2) is 19.6 Å². The van der Waals surface area contributed by atoms with Gasteiger partial charge in [0.05, 0.1) is 30.1 Å². The first-order valence-corrected chi connectivity index (χ1v) is 23.0. The molecule has 1 aliphatic heterocycles. The number of nitrogens with one attached hydrogen (secondary N) is 3. The third kappa shape index (κ3) is 13.0. The highest BCUT2D eigenvalue weighted by Gasteiger charge is 2.41. The third-order valence-electron chi connectivity index (χ3n) is 11.7. The Bertz CT molecular complexity index is 2360. The molecule has 16 heteroatoms. The zero-order valence-corrected chi connectivity index (χ0v) is 38.8. The maximum absolute atomic E-state index is 14.7. The number of rotatable bonds is 20. The first-order valence-electron chi connectivity index (χ1n) is 22.2. The molecule has 6 rings (SSSR count). The molecule has 0 bridgehead atoms. The number of aromatic nitrogens is 3. The van der Waals surface area contributed by atoms with Gasteiger partial charge in [0.25, 0.3) is 5.91 Å². The molecular formula is C49H61N9O6S. The predicted octanol–water partition coefficient (Wildman–Crippen LogP) is 6.79. The summed E-state index contributed by atoms with van der Waals surface area (Å²) in [4.78, 5) is 71.6. The van der Waals surface area contributed by atoms with Crippen molar-refractivity contribution in [3.05, 3.63) is 125 Å². The Labute approximate surface area is 385 Å². The van der Waals surface area contributed by atoms with Crippen LogP contribution in [0.3, 0.4) is 0 Å². The second kappa shape index (κ2) is 22.1. The second-order valence-corrected chi connectivity index (χ2v) is 18.5. The summed E-state index contributed by atoms with van der Waals surface area (Å²) in [5, 5.41) is 31.7. The number of benzene rings is 2. The molecule has 1 aliphatic rings. The fourth-order valence-electron chi connectivity index (χ4n) is 7.93. The highest BCUT2D eigenvalue weighted by molar-refractivity contribution is 7.13.